The van der Waals surface area contributed by atoms with E-state index < -0.39 is 5.97 Å². The average molecular weight is 236 g/mol. The van der Waals surface area contributed by atoms with E-state index in [1.807, 2.05) is 32.0 Å². The van der Waals surface area contributed by atoms with Crippen LogP contribution in [0.3, 0.4) is 0 Å². The summed E-state index contributed by atoms with van der Waals surface area (Å²) in [7, 11) is 0. The summed E-state index contributed by atoms with van der Waals surface area (Å²) in [6, 6.07) is 5.81. The van der Waals surface area contributed by atoms with Crippen LogP contribution < -0.4 is 0 Å². The molecule has 2 aromatic rings. The van der Waals surface area contributed by atoms with Gasteiger partial charge in [0.1, 0.15) is 5.52 Å². The Hall–Kier alpha value is -1.49. The smallest absolute Gasteiger partial charge is 0.304 e. The molecule has 0 fully saturated rings. The summed E-state index contributed by atoms with van der Waals surface area (Å²) < 4.78 is 4.88. The summed E-state index contributed by atoms with van der Waals surface area (Å²) in [5.41, 5.74) is 1.43. The van der Waals surface area contributed by atoms with Gasteiger partial charge in [0.15, 0.2) is 0 Å². The number of hydrogen-bond acceptors (Lipinski definition) is 4. The summed E-state index contributed by atoms with van der Waals surface area (Å²) in [6.07, 6.45) is 0.107. The molecular weight excluding hydrogens is 224 g/mol. The van der Waals surface area contributed by atoms with Crippen molar-refractivity contribution in [2.75, 3.05) is 0 Å². The molecule has 1 heterocycles. The van der Waals surface area contributed by atoms with Crippen molar-refractivity contribution in [1.29, 1.82) is 0 Å². The number of carboxylic acid groups (broad SMARTS) is 1. The Morgan fingerprint density at radius 1 is 1.50 bits per heavy atom. The number of carboxylic acids is 1. The molecule has 0 bridgehead atoms. The molecule has 16 heavy (non-hydrogen) atoms. The van der Waals surface area contributed by atoms with Crippen LogP contribution in [0.25, 0.3) is 10.2 Å². The Balaban J connectivity index is 2.41. The number of nitrogens with zero attached hydrogens (tertiary/aromatic N) is 2. The average Bonchev–Trinajstić information content (AvgIpc) is 2.61. The van der Waals surface area contributed by atoms with Gasteiger partial charge in [-0.15, -0.1) is 5.10 Å². The highest BCUT2D eigenvalue weighted by Gasteiger charge is 2.24. The lowest BCUT2D eigenvalue weighted by atomic mass is 9.81. The quantitative estimate of drug-likeness (QED) is 0.889. The third-order valence-corrected chi connectivity index (χ3v) is 3.33. The van der Waals surface area contributed by atoms with Crippen molar-refractivity contribution in [3.8, 4) is 0 Å². The normalized spacial score (nSPS) is 11.9. The van der Waals surface area contributed by atoms with Crippen LogP contribution in [0.2, 0.25) is 0 Å². The van der Waals surface area contributed by atoms with Gasteiger partial charge < -0.3 is 5.11 Å². The van der Waals surface area contributed by atoms with E-state index in [4.69, 9.17) is 5.11 Å². The van der Waals surface area contributed by atoms with E-state index in [0.717, 1.165) is 15.8 Å². The molecule has 4 nitrogen and oxygen atoms in total. The summed E-state index contributed by atoms with van der Waals surface area (Å²) in [4.78, 5) is 10.8. The molecule has 0 unspecified atom stereocenters. The first-order valence-corrected chi connectivity index (χ1v) is 5.71. The molecular formula is C11H12N2O2S. The largest absolute Gasteiger partial charge is 0.481 e. The fourth-order valence-corrected chi connectivity index (χ4v) is 2.22. The fraction of sp³-hybridized carbons (Fsp3) is 0.364. The third kappa shape index (κ3) is 2.04. The molecule has 1 aromatic carbocycles. The van der Waals surface area contributed by atoms with Crippen molar-refractivity contribution in [2.45, 2.75) is 25.7 Å². The number of carbonyl (C=O) groups is 1. The van der Waals surface area contributed by atoms with E-state index >= 15 is 0 Å². The Morgan fingerprint density at radius 3 is 2.94 bits per heavy atom. The van der Waals surface area contributed by atoms with Gasteiger partial charge in [0, 0.05) is 5.41 Å². The van der Waals surface area contributed by atoms with Crippen molar-refractivity contribution >= 4 is 27.7 Å². The monoisotopic (exact) mass is 236 g/mol. The summed E-state index contributed by atoms with van der Waals surface area (Å²) >= 11 is 1.34. The van der Waals surface area contributed by atoms with Gasteiger partial charge in [-0.2, -0.15) is 0 Å². The van der Waals surface area contributed by atoms with Crippen molar-refractivity contribution in [2.24, 2.45) is 0 Å². The van der Waals surface area contributed by atoms with Crippen LogP contribution in [0.5, 0.6) is 0 Å². The Kier molecular flexibility index (Phi) is 2.63. The fourth-order valence-electron chi connectivity index (χ4n) is 1.68. The molecule has 5 heteroatoms. The van der Waals surface area contributed by atoms with Gasteiger partial charge in [-0.3, -0.25) is 4.79 Å². The van der Waals surface area contributed by atoms with Crippen LogP contribution in [0.15, 0.2) is 18.2 Å². The zero-order chi connectivity index (χ0) is 11.8. The van der Waals surface area contributed by atoms with Gasteiger partial charge in [0.2, 0.25) is 0 Å². The summed E-state index contributed by atoms with van der Waals surface area (Å²) in [5, 5.41) is 12.9. The second-order valence-corrected chi connectivity index (χ2v) is 5.20. The molecule has 2 rings (SSSR count). The van der Waals surface area contributed by atoms with Crippen LogP contribution in [-0.4, -0.2) is 20.7 Å². The Bertz CT molecular complexity index is 534. The first-order valence-electron chi connectivity index (χ1n) is 4.93. The van der Waals surface area contributed by atoms with Crippen LogP contribution in [0.4, 0.5) is 0 Å². The molecule has 0 amide bonds. The maximum Gasteiger partial charge on any atom is 0.304 e. The number of benzene rings is 1. The first-order chi connectivity index (χ1) is 7.49. The van der Waals surface area contributed by atoms with Gasteiger partial charge in [-0.1, -0.05) is 24.4 Å². The Labute approximate surface area is 97.1 Å². The van der Waals surface area contributed by atoms with Crippen LogP contribution in [0, 0.1) is 0 Å². The molecule has 0 saturated heterocycles. The van der Waals surface area contributed by atoms with Crippen molar-refractivity contribution in [3.63, 3.8) is 0 Å². The zero-order valence-corrected chi connectivity index (χ0v) is 9.91. The Morgan fingerprint density at radius 2 is 2.25 bits per heavy atom. The zero-order valence-electron chi connectivity index (χ0n) is 9.10. The first kappa shape index (κ1) is 11.0. The van der Waals surface area contributed by atoms with Crippen LogP contribution in [-0.2, 0) is 10.2 Å². The lowest BCUT2D eigenvalue weighted by molar-refractivity contribution is -0.138. The number of fused-ring (bicyclic) bond motifs is 1. The second kappa shape index (κ2) is 3.83. The van der Waals surface area contributed by atoms with Crippen molar-refractivity contribution in [3.05, 3.63) is 23.8 Å². The minimum atomic E-state index is -0.790. The maximum atomic E-state index is 10.8. The number of rotatable bonds is 3. The number of aromatic nitrogens is 2. The van der Waals surface area contributed by atoms with Gasteiger partial charge in [0.05, 0.1) is 11.1 Å². The molecule has 0 saturated carbocycles. The highest BCUT2D eigenvalue weighted by molar-refractivity contribution is 7.12. The van der Waals surface area contributed by atoms with E-state index in [9.17, 15) is 4.79 Å². The van der Waals surface area contributed by atoms with Crippen molar-refractivity contribution in [1.82, 2.24) is 9.59 Å². The van der Waals surface area contributed by atoms with Gasteiger partial charge in [-0.05, 0) is 29.2 Å². The van der Waals surface area contributed by atoms with Crippen LogP contribution >= 0.6 is 11.5 Å². The highest BCUT2D eigenvalue weighted by Crippen LogP contribution is 2.29. The predicted molar refractivity (Wildman–Crippen MR) is 62.7 cm³/mol. The highest BCUT2D eigenvalue weighted by atomic mass is 32.1. The SMILES string of the molecule is CC(C)(CC(=O)O)c1ccc2snnc2c1. The van der Waals surface area contributed by atoms with Gasteiger partial charge in [0.25, 0.3) is 0 Å². The molecule has 0 aliphatic heterocycles. The number of hydrogen-bond donors (Lipinski definition) is 1. The molecule has 84 valence electrons. The van der Waals surface area contributed by atoms with Gasteiger partial charge >= 0.3 is 5.97 Å². The minimum Gasteiger partial charge on any atom is -0.481 e. The molecule has 0 aliphatic carbocycles. The minimum absolute atomic E-state index is 0.107. The van der Waals surface area contributed by atoms with Crippen molar-refractivity contribution < 1.29 is 9.90 Å². The van der Waals surface area contributed by atoms with E-state index in [-0.39, 0.29) is 11.8 Å². The second-order valence-electron chi connectivity index (χ2n) is 4.41. The van der Waals surface area contributed by atoms with E-state index in [1.165, 1.54) is 11.5 Å². The van der Waals surface area contributed by atoms with E-state index in [0.29, 0.717) is 0 Å². The van der Waals surface area contributed by atoms with E-state index in [2.05, 4.69) is 9.59 Å². The molecule has 0 aliphatic rings. The lowest BCUT2D eigenvalue weighted by Crippen LogP contribution is -2.21. The maximum absolute atomic E-state index is 10.8. The summed E-state index contributed by atoms with van der Waals surface area (Å²) in [5.74, 6) is -0.790. The van der Waals surface area contributed by atoms with E-state index in [1.54, 1.807) is 0 Å². The van der Waals surface area contributed by atoms with Gasteiger partial charge in [-0.25, -0.2) is 0 Å². The standard InChI is InChI=1S/C11H12N2O2S/c1-11(2,6-10(14)15)7-3-4-9-8(5-7)12-13-16-9/h3-5H,6H2,1-2H3,(H,14,15). The summed E-state index contributed by atoms with van der Waals surface area (Å²) in [6.45, 7) is 3.84. The van der Waals surface area contributed by atoms with Crippen LogP contribution in [0.1, 0.15) is 25.8 Å². The molecule has 1 N–H and O–H groups in total. The molecule has 0 spiro atoms. The molecule has 0 radical (unpaired) electrons. The number of aliphatic carboxylic acids is 1. The lowest BCUT2D eigenvalue weighted by Gasteiger charge is -2.22. The molecule has 1 aromatic heterocycles. The third-order valence-electron chi connectivity index (χ3n) is 2.62. The topological polar surface area (TPSA) is 63.1 Å². The molecule has 0 atom stereocenters. The predicted octanol–water partition coefficient (Wildman–Crippen LogP) is 2.44.